The Kier molecular flexibility index (Phi) is 4.81. The van der Waals surface area contributed by atoms with Crippen LogP contribution in [0.4, 0.5) is 0 Å². The van der Waals surface area contributed by atoms with Gasteiger partial charge in [-0.15, -0.1) is 0 Å². The number of likely N-dealkylation sites (N-methyl/N-ethyl adjacent to an activating group) is 1. The number of hydrogen-bond acceptors (Lipinski definition) is 1. The fourth-order valence-corrected chi connectivity index (χ4v) is 0.743. The largest absolute Gasteiger partial charge is 0.362 e. The van der Waals surface area contributed by atoms with E-state index in [1.165, 1.54) is 0 Å². The molecule has 0 spiro atoms. The maximum Gasteiger partial charge on any atom is 0.106 e. The normalized spacial score (nSPS) is 15.3. The summed E-state index contributed by atoms with van der Waals surface area (Å²) in [7, 11) is 6.50. The number of nitrogens with zero attached hydrogens (tertiary/aromatic N) is 1. The highest BCUT2D eigenvalue weighted by Gasteiger charge is 2.06. The molecule has 0 saturated carbocycles. The van der Waals surface area contributed by atoms with E-state index >= 15 is 0 Å². The van der Waals surface area contributed by atoms with Gasteiger partial charge in [0, 0.05) is 0 Å². The first kappa shape index (κ1) is 10.7. The minimum atomic E-state index is 0.337. The lowest BCUT2D eigenvalue weighted by Gasteiger charge is -2.23. The average Bonchev–Trinajstić information content (AvgIpc) is 1.59. The highest BCUT2D eigenvalue weighted by atomic mass is 127. The molecule has 0 aromatic carbocycles. The molecule has 0 heterocycles. The quantitative estimate of drug-likeness (QED) is 0.422. The van der Waals surface area contributed by atoms with Crippen LogP contribution in [0, 0.1) is 0 Å². The van der Waals surface area contributed by atoms with Crippen LogP contribution in [-0.2, 0) is 4.74 Å². The standard InChI is InChI=1S/C7H17INO/c1-7(8)10-6-5-9(2,3)4/h7H,5-6H2,1-4H3/q+1. The van der Waals surface area contributed by atoms with Crippen LogP contribution in [0.15, 0.2) is 0 Å². The van der Waals surface area contributed by atoms with Crippen molar-refractivity contribution < 1.29 is 9.22 Å². The second-order valence-corrected chi connectivity index (χ2v) is 5.18. The molecule has 10 heavy (non-hydrogen) atoms. The van der Waals surface area contributed by atoms with Crippen LogP contribution in [-0.4, -0.2) is 42.9 Å². The monoisotopic (exact) mass is 258 g/mol. The molecule has 3 heteroatoms. The van der Waals surface area contributed by atoms with Gasteiger partial charge >= 0.3 is 0 Å². The third-order valence-electron chi connectivity index (χ3n) is 1.11. The minimum absolute atomic E-state index is 0.337. The summed E-state index contributed by atoms with van der Waals surface area (Å²) in [6.07, 6.45) is 0. The predicted molar refractivity (Wildman–Crippen MR) is 52.3 cm³/mol. The molecule has 2 nitrogen and oxygen atoms in total. The maximum atomic E-state index is 5.39. The van der Waals surface area contributed by atoms with Crippen molar-refractivity contribution in [3.63, 3.8) is 0 Å². The first-order valence-corrected chi connectivity index (χ1v) is 4.72. The Hall–Kier alpha value is 0.650. The molecule has 0 rings (SSSR count). The van der Waals surface area contributed by atoms with Crippen LogP contribution in [0.1, 0.15) is 6.92 Å². The van der Waals surface area contributed by atoms with Crippen LogP contribution in [0.2, 0.25) is 0 Å². The lowest BCUT2D eigenvalue weighted by atomic mass is 10.5. The van der Waals surface area contributed by atoms with Crippen molar-refractivity contribution in [2.45, 2.75) is 11.0 Å². The summed E-state index contributed by atoms with van der Waals surface area (Å²) in [5.74, 6) is 0. The van der Waals surface area contributed by atoms with E-state index < -0.39 is 0 Å². The van der Waals surface area contributed by atoms with Gasteiger partial charge in [0.2, 0.25) is 0 Å². The molecule has 0 aliphatic carbocycles. The fourth-order valence-electron chi connectivity index (χ4n) is 0.489. The molecule has 62 valence electrons. The van der Waals surface area contributed by atoms with Gasteiger partial charge in [-0.2, -0.15) is 0 Å². The number of halogens is 1. The van der Waals surface area contributed by atoms with Crippen molar-refractivity contribution in [2.24, 2.45) is 0 Å². The summed E-state index contributed by atoms with van der Waals surface area (Å²) in [6.45, 7) is 3.98. The lowest BCUT2D eigenvalue weighted by molar-refractivity contribution is -0.870. The number of hydrogen-bond donors (Lipinski definition) is 0. The van der Waals surface area contributed by atoms with Gasteiger partial charge in [-0.25, -0.2) is 0 Å². The van der Waals surface area contributed by atoms with Crippen LogP contribution < -0.4 is 0 Å². The van der Waals surface area contributed by atoms with Gasteiger partial charge in [-0.3, -0.25) is 0 Å². The zero-order chi connectivity index (χ0) is 8.20. The second kappa shape index (κ2) is 4.51. The second-order valence-electron chi connectivity index (χ2n) is 3.43. The summed E-state index contributed by atoms with van der Waals surface area (Å²) in [4.78, 5) is 0. The Bertz CT molecular complexity index is 88.1. The van der Waals surface area contributed by atoms with E-state index in [-0.39, 0.29) is 0 Å². The van der Waals surface area contributed by atoms with Gasteiger partial charge in [-0.1, -0.05) is 22.6 Å². The van der Waals surface area contributed by atoms with E-state index in [0.29, 0.717) is 4.11 Å². The SMILES string of the molecule is CC(I)OCC[N+](C)(C)C. The first-order valence-electron chi connectivity index (χ1n) is 3.48. The molecule has 0 aromatic rings. The van der Waals surface area contributed by atoms with E-state index in [9.17, 15) is 0 Å². The summed E-state index contributed by atoms with van der Waals surface area (Å²) in [5.41, 5.74) is 0. The zero-order valence-corrected chi connectivity index (χ0v) is 9.38. The van der Waals surface area contributed by atoms with Gasteiger partial charge in [0.05, 0.1) is 27.7 Å². The molecular weight excluding hydrogens is 241 g/mol. The molecule has 0 aliphatic heterocycles. The molecule has 1 unspecified atom stereocenters. The highest BCUT2D eigenvalue weighted by Crippen LogP contribution is 2.00. The molecular formula is C7H17INO+. The highest BCUT2D eigenvalue weighted by molar-refractivity contribution is 14.1. The minimum Gasteiger partial charge on any atom is -0.362 e. The Morgan fingerprint density at radius 3 is 2.20 bits per heavy atom. The molecule has 0 N–H and O–H groups in total. The van der Waals surface area contributed by atoms with Gasteiger partial charge in [-0.05, 0) is 6.92 Å². The molecule has 0 aromatic heterocycles. The Morgan fingerprint density at radius 2 is 1.90 bits per heavy atom. The van der Waals surface area contributed by atoms with Crippen LogP contribution in [0.5, 0.6) is 0 Å². The van der Waals surface area contributed by atoms with Crippen molar-refractivity contribution in [1.82, 2.24) is 0 Å². The first-order chi connectivity index (χ1) is 4.42. The van der Waals surface area contributed by atoms with Gasteiger partial charge in [0.1, 0.15) is 10.7 Å². The summed E-state index contributed by atoms with van der Waals surface area (Å²) in [5, 5.41) is 0. The fraction of sp³-hybridized carbons (Fsp3) is 1.00. The molecule has 0 radical (unpaired) electrons. The van der Waals surface area contributed by atoms with Gasteiger partial charge in [0.25, 0.3) is 0 Å². The van der Waals surface area contributed by atoms with E-state index in [1.807, 2.05) is 0 Å². The molecule has 0 saturated heterocycles. The van der Waals surface area contributed by atoms with E-state index in [1.54, 1.807) is 0 Å². The Morgan fingerprint density at radius 1 is 1.40 bits per heavy atom. The average molecular weight is 258 g/mol. The topological polar surface area (TPSA) is 9.23 Å². The molecule has 0 amide bonds. The molecule has 0 bridgehead atoms. The number of rotatable bonds is 4. The van der Waals surface area contributed by atoms with Crippen LogP contribution in [0.3, 0.4) is 0 Å². The third kappa shape index (κ3) is 8.65. The van der Waals surface area contributed by atoms with Crippen LogP contribution >= 0.6 is 22.6 Å². The summed E-state index contributed by atoms with van der Waals surface area (Å²) >= 11 is 2.26. The van der Waals surface area contributed by atoms with Crippen molar-refractivity contribution in [1.29, 1.82) is 0 Å². The molecule has 0 fully saturated rings. The molecule has 1 atom stereocenters. The Balaban J connectivity index is 3.21. The van der Waals surface area contributed by atoms with Crippen molar-refractivity contribution in [3.8, 4) is 0 Å². The number of alkyl halides is 1. The van der Waals surface area contributed by atoms with Gasteiger partial charge in [0.15, 0.2) is 0 Å². The zero-order valence-electron chi connectivity index (χ0n) is 7.22. The van der Waals surface area contributed by atoms with Crippen LogP contribution in [0.25, 0.3) is 0 Å². The van der Waals surface area contributed by atoms with Crippen molar-refractivity contribution in [2.75, 3.05) is 34.3 Å². The van der Waals surface area contributed by atoms with E-state index in [2.05, 4.69) is 50.7 Å². The maximum absolute atomic E-state index is 5.39. The summed E-state index contributed by atoms with van der Waals surface area (Å²) < 4.78 is 6.70. The molecule has 0 aliphatic rings. The van der Waals surface area contributed by atoms with Crippen molar-refractivity contribution >= 4 is 22.6 Å². The number of ether oxygens (including phenoxy) is 1. The number of quaternary nitrogens is 1. The lowest BCUT2D eigenvalue weighted by Crippen LogP contribution is -2.37. The smallest absolute Gasteiger partial charge is 0.106 e. The van der Waals surface area contributed by atoms with E-state index in [4.69, 9.17) is 4.74 Å². The Labute approximate surface area is 77.3 Å². The van der Waals surface area contributed by atoms with Crippen molar-refractivity contribution in [3.05, 3.63) is 0 Å². The van der Waals surface area contributed by atoms with Gasteiger partial charge < -0.3 is 9.22 Å². The third-order valence-corrected chi connectivity index (χ3v) is 1.47. The summed E-state index contributed by atoms with van der Waals surface area (Å²) in [6, 6.07) is 0. The van der Waals surface area contributed by atoms with E-state index in [0.717, 1.165) is 17.6 Å². The predicted octanol–water partition coefficient (Wildman–Crippen LogP) is 1.49.